The predicted octanol–water partition coefficient (Wildman–Crippen LogP) is 2.06. The molecule has 0 saturated heterocycles. The molecule has 20 heavy (non-hydrogen) atoms. The van der Waals surface area contributed by atoms with Gasteiger partial charge in [-0.05, 0) is 24.6 Å². The van der Waals surface area contributed by atoms with Gasteiger partial charge in [0.05, 0.1) is 0 Å². The number of aliphatic carboxylic acids is 1. The molecule has 5 nitrogen and oxygen atoms in total. The summed E-state index contributed by atoms with van der Waals surface area (Å²) >= 11 is 0. The van der Waals surface area contributed by atoms with E-state index < -0.39 is 17.9 Å². The molecule has 1 amide bonds. The molecule has 1 atom stereocenters. The van der Waals surface area contributed by atoms with Crippen LogP contribution in [-0.2, 0) is 11.3 Å². The van der Waals surface area contributed by atoms with Crippen LogP contribution in [0.25, 0.3) is 0 Å². The fourth-order valence-electron chi connectivity index (χ4n) is 2.03. The van der Waals surface area contributed by atoms with Crippen LogP contribution in [0.5, 0.6) is 0 Å². The van der Waals surface area contributed by atoms with Gasteiger partial charge in [0.2, 0.25) is 0 Å². The van der Waals surface area contributed by atoms with Gasteiger partial charge in [0.25, 0.3) is 5.91 Å². The zero-order valence-corrected chi connectivity index (χ0v) is 11.1. The number of amides is 1. The number of nitrogens with zero attached hydrogens (tertiary/aromatic N) is 1. The number of hydrogen-bond acceptors (Lipinski definition) is 2. The molecule has 2 N–H and O–H groups in total. The molecule has 0 saturated carbocycles. The van der Waals surface area contributed by atoms with Crippen LogP contribution in [0.1, 0.15) is 29.0 Å². The minimum absolute atomic E-state index is 0.395. The SMILES string of the molecule is CCn1cccc1C(=O)NC(C(=O)O)c1ccccc1. The van der Waals surface area contributed by atoms with Crippen LogP contribution in [0.2, 0.25) is 0 Å². The summed E-state index contributed by atoms with van der Waals surface area (Å²) in [5.41, 5.74) is 0.998. The Balaban J connectivity index is 2.21. The van der Waals surface area contributed by atoms with E-state index in [4.69, 9.17) is 0 Å². The van der Waals surface area contributed by atoms with Gasteiger partial charge in [-0.3, -0.25) is 4.79 Å². The maximum Gasteiger partial charge on any atom is 0.330 e. The van der Waals surface area contributed by atoms with E-state index in [1.807, 2.05) is 6.92 Å². The van der Waals surface area contributed by atoms with E-state index in [2.05, 4.69) is 5.32 Å². The molecule has 0 aliphatic carbocycles. The number of hydrogen-bond donors (Lipinski definition) is 2. The highest BCUT2D eigenvalue weighted by atomic mass is 16.4. The van der Waals surface area contributed by atoms with Gasteiger partial charge < -0.3 is 15.0 Å². The van der Waals surface area contributed by atoms with Crippen molar-refractivity contribution in [3.05, 3.63) is 59.9 Å². The minimum Gasteiger partial charge on any atom is -0.479 e. The van der Waals surface area contributed by atoms with Gasteiger partial charge in [0, 0.05) is 12.7 Å². The van der Waals surface area contributed by atoms with Gasteiger partial charge in [-0.2, -0.15) is 0 Å². The molecule has 104 valence electrons. The van der Waals surface area contributed by atoms with Crippen LogP contribution < -0.4 is 5.32 Å². The summed E-state index contributed by atoms with van der Waals surface area (Å²) in [5.74, 6) is -1.48. The number of aryl methyl sites for hydroxylation is 1. The number of carbonyl (C=O) groups is 2. The second kappa shape index (κ2) is 6.06. The Hall–Kier alpha value is -2.56. The van der Waals surface area contributed by atoms with Crippen molar-refractivity contribution in [3.63, 3.8) is 0 Å². The average molecular weight is 272 g/mol. The summed E-state index contributed by atoms with van der Waals surface area (Å²) < 4.78 is 1.76. The number of carbonyl (C=O) groups excluding carboxylic acids is 1. The Labute approximate surface area is 116 Å². The third-order valence-electron chi connectivity index (χ3n) is 3.06. The van der Waals surface area contributed by atoms with Crippen molar-refractivity contribution < 1.29 is 14.7 Å². The molecular formula is C15H16N2O3. The van der Waals surface area contributed by atoms with Gasteiger partial charge in [0.1, 0.15) is 5.69 Å². The van der Waals surface area contributed by atoms with Gasteiger partial charge >= 0.3 is 5.97 Å². The fourth-order valence-corrected chi connectivity index (χ4v) is 2.03. The van der Waals surface area contributed by atoms with Crippen molar-refractivity contribution in [2.75, 3.05) is 0 Å². The second-order valence-corrected chi connectivity index (χ2v) is 4.33. The monoisotopic (exact) mass is 272 g/mol. The third-order valence-corrected chi connectivity index (χ3v) is 3.06. The maximum atomic E-state index is 12.2. The highest BCUT2D eigenvalue weighted by molar-refractivity contribution is 5.95. The van der Waals surface area contributed by atoms with Crippen molar-refractivity contribution in [2.24, 2.45) is 0 Å². The number of benzene rings is 1. The molecular weight excluding hydrogens is 256 g/mol. The Morgan fingerprint density at radius 1 is 1.20 bits per heavy atom. The summed E-state index contributed by atoms with van der Waals surface area (Å²) in [7, 11) is 0. The number of carboxylic acids is 1. The largest absolute Gasteiger partial charge is 0.479 e. The number of carboxylic acid groups (broad SMARTS) is 1. The van der Waals surface area contributed by atoms with E-state index in [0.29, 0.717) is 17.8 Å². The van der Waals surface area contributed by atoms with Gasteiger partial charge in [-0.15, -0.1) is 0 Å². The molecule has 2 rings (SSSR count). The summed E-state index contributed by atoms with van der Waals surface area (Å²) in [4.78, 5) is 23.5. The first-order valence-corrected chi connectivity index (χ1v) is 6.37. The molecule has 1 aromatic heterocycles. The van der Waals surface area contributed by atoms with E-state index >= 15 is 0 Å². The van der Waals surface area contributed by atoms with E-state index in [-0.39, 0.29) is 0 Å². The number of nitrogens with one attached hydrogen (secondary N) is 1. The van der Waals surface area contributed by atoms with Gasteiger partial charge in [-0.1, -0.05) is 30.3 Å². The first kappa shape index (κ1) is 13.9. The smallest absolute Gasteiger partial charge is 0.330 e. The van der Waals surface area contributed by atoms with Crippen molar-refractivity contribution in [1.82, 2.24) is 9.88 Å². The lowest BCUT2D eigenvalue weighted by molar-refractivity contribution is -0.139. The number of rotatable bonds is 5. The zero-order chi connectivity index (χ0) is 14.5. The molecule has 0 aliphatic rings. The van der Waals surface area contributed by atoms with E-state index in [1.165, 1.54) is 0 Å². The quantitative estimate of drug-likeness (QED) is 0.875. The minimum atomic E-state index is -1.08. The highest BCUT2D eigenvalue weighted by Gasteiger charge is 2.23. The van der Waals surface area contributed by atoms with Crippen LogP contribution in [0.15, 0.2) is 48.7 Å². The molecule has 1 unspecified atom stereocenters. The van der Waals surface area contributed by atoms with Crippen LogP contribution in [0, 0.1) is 0 Å². The zero-order valence-electron chi connectivity index (χ0n) is 11.1. The number of aromatic nitrogens is 1. The van der Waals surface area contributed by atoms with Gasteiger partial charge in [0.15, 0.2) is 6.04 Å². The van der Waals surface area contributed by atoms with Crippen molar-refractivity contribution >= 4 is 11.9 Å². The summed E-state index contributed by atoms with van der Waals surface area (Å²) in [6.07, 6.45) is 1.78. The Bertz CT molecular complexity index is 605. The molecule has 0 bridgehead atoms. The lowest BCUT2D eigenvalue weighted by Crippen LogP contribution is -2.34. The van der Waals surface area contributed by atoms with Gasteiger partial charge in [-0.25, -0.2) is 4.79 Å². The molecule has 0 spiro atoms. The van der Waals surface area contributed by atoms with Crippen LogP contribution in [0.4, 0.5) is 0 Å². The third kappa shape index (κ3) is 2.88. The van der Waals surface area contributed by atoms with Crippen LogP contribution >= 0.6 is 0 Å². The molecule has 0 fully saturated rings. The molecule has 0 aliphatic heterocycles. The Kier molecular flexibility index (Phi) is 4.20. The molecule has 1 heterocycles. The Morgan fingerprint density at radius 3 is 2.50 bits per heavy atom. The lowest BCUT2D eigenvalue weighted by atomic mass is 10.1. The highest BCUT2D eigenvalue weighted by Crippen LogP contribution is 2.14. The normalized spacial score (nSPS) is 11.8. The molecule has 0 radical (unpaired) electrons. The summed E-state index contributed by atoms with van der Waals surface area (Å²) in [6.45, 7) is 2.57. The van der Waals surface area contributed by atoms with Crippen molar-refractivity contribution in [1.29, 1.82) is 0 Å². The van der Waals surface area contributed by atoms with E-state index in [1.54, 1.807) is 53.2 Å². The van der Waals surface area contributed by atoms with E-state index in [9.17, 15) is 14.7 Å². The molecule has 1 aromatic carbocycles. The van der Waals surface area contributed by atoms with Crippen molar-refractivity contribution in [2.45, 2.75) is 19.5 Å². The first-order chi connectivity index (χ1) is 9.63. The molecule has 5 heteroatoms. The fraction of sp³-hybridized carbons (Fsp3) is 0.200. The first-order valence-electron chi connectivity index (χ1n) is 6.37. The second-order valence-electron chi connectivity index (χ2n) is 4.33. The maximum absolute atomic E-state index is 12.2. The van der Waals surface area contributed by atoms with Crippen molar-refractivity contribution in [3.8, 4) is 0 Å². The lowest BCUT2D eigenvalue weighted by Gasteiger charge is -2.15. The Morgan fingerprint density at radius 2 is 1.90 bits per heavy atom. The van der Waals surface area contributed by atoms with Crippen LogP contribution in [-0.4, -0.2) is 21.6 Å². The molecule has 2 aromatic rings. The summed E-state index contributed by atoms with van der Waals surface area (Å²) in [6, 6.07) is 11.0. The predicted molar refractivity (Wildman–Crippen MR) is 74.4 cm³/mol. The van der Waals surface area contributed by atoms with E-state index in [0.717, 1.165) is 0 Å². The average Bonchev–Trinajstić information content (AvgIpc) is 2.93. The standard InChI is InChI=1S/C15H16N2O3/c1-2-17-10-6-9-12(17)14(18)16-13(15(19)20)11-7-4-3-5-8-11/h3-10,13H,2H2,1H3,(H,16,18)(H,19,20). The topological polar surface area (TPSA) is 71.3 Å². The van der Waals surface area contributed by atoms with Crippen LogP contribution in [0.3, 0.4) is 0 Å². The summed E-state index contributed by atoms with van der Waals surface area (Å²) in [5, 5.41) is 11.8.